The highest BCUT2D eigenvalue weighted by Gasteiger charge is 2.30. The van der Waals surface area contributed by atoms with Crippen molar-refractivity contribution in [2.75, 3.05) is 13.1 Å². The van der Waals surface area contributed by atoms with Gasteiger partial charge in [-0.05, 0) is 37.6 Å². The van der Waals surface area contributed by atoms with Crippen molar-refractivity contribution in [3.05, 3.63) is 54.2 Å². The van der Waals surface area contributed by atoms with Gasteiger partial charge in [0.25, 0.3) is 0 Å². The van der Waals surface area contributed by atoms with Crippen LogP contribution in [-0.2, 0) is 13.6 Å². The summed E-state index contributed by atoms with van der Waals surface area (Å²) in [7, 11) is 2.03. The molecule has 0 amide bonds. The fourth-order valence-corrected chi connectivity index (χ4v) is 3.52. The molecule has 26 heavy (non-hydrogen) atoms. The summed E-state index contributed by atoms with van der Waals surface area (Å²) in [6.45, 7) is 4.27. The number of fused-ring (bicyclic) bond motifs is 1. The van der Waals surface area contributed by atoms with E-state index in [1.807, 2.05) is 50.5 Å². The topological polar surface area (TPSA) is 63.4 Å². The molecule has 0 aliphatic carbocycles. The SMILES string of the molecule is Cc1ncc(CN2CC[C@@H](Oc3cccc4ncccc34)[C@H](O)C2)n1C. The molecule has 1 saturated heterocycles. The van der Waals surface area contributed by atoms with E-state index < -0.39 is 6.10 Å². The van der Waals surface area contributed by atoms with Gasteiger partial charge in [0.1, 0.15) is 23.8 Å². The molecule has 6 nitrogen and oxygen atoms in total. The number of hydrogen-bond donors (Lipinski definition) is 1. The van der Waals surface area contributed by atoms with E-state index in [1.54, 1.807) is 6.20 Å². The van der Waals surface area contributed by atoms with Gasteiger partial charge in [-0.3, -0.25) is 9.88 Å². The van der Waals surface area contributed by atoms with Crippen molar-refractivity contribution in [3.63, 3.8) is 0 Å². The average Bonchev–Trinajstić information content (AvgIpc) is 2.96. The van der Waals surface area contributed by atoms with E-state index in [2.05, 4.69) is 19.4 Å². The number of β-amino-alcohol motifs (C(OH)–C–C–N with tert-alkyl or cyclic N) is 1. The molecule has 0 saturated carbocycles. The molecule has 1 N–H and O–H groups in total. The third kappa shape index (κ3) is 3.30. The van der Waals surface area contributed by atoms with Crippen LogP contribution < -0.4 is 4.74 Å². The van der Waals surface area contributed by atoms with Crippen LogP contribution in [0.1, 0.15) is 17.9 Å². The Morgan fingerprint density at radius 3 is 2.88 bits per heavy atom. The van der Waals surface area contributed by atoms with Crippen molar-refractivity contribution in [1.29, 1.82) is 0 Å². The van der Waals surface area contributed by atoms with Gasteiger partial charge in [-0.15, -0.1) is 0 Å². The molecule has 0 spiro atoms. The Kier molecular flexibility index (Phi) is 4.61. The molecule has 0 unspecified atom stereocenters. The molecule has 2 atom stereocenters. The second-order valence-electron chi connectivity index (χ2n) is 6.93. The normalized spacial score (nSPS) is 21.2. The summed E-state index contributed by atoms with van der Waals surface area (Å²) in [5.74, 6) is 1.79. The third-order valence-electron chi connectivity index (χ3n) is 5.19. The van der Waals surface area contributed by atoms with Gasteiger partial charge in [-0.25, -0.2) is 4.98 Å². The first-order valence-electron chi connectivity index (χ1n) is 9.00. The van der Waals surface area contributed by atoms with Crippen LogP contribution in [0.4, 0.5) is 0 Å². The third-order valence-corrected chi connectivity index (χ3v) is 5.19. The number of hydrogen-bond acceptors (Lipinski definition) is 5. The molecule has 1 aliphatic rings. The molecular weight excluding hydrogens is 328 g/mol. The van der Waals surface area contributed by atoms with Crippen LogP contribution in [0, 0.1) is 6.92 Å². The molecule has 3 heterocycles. The predicted octanol–water partition coefficient (Wildman–Crippen LogP) is 2.29. The predicted molar refractivity (Wildman–Crippen MR) is 100 cm³/mol. The van der Waals surface area contributed by atoms with Crippen molar-refractivity contribution in [2.45, 2.75) is 32.1 Å². The number of rotatable bonds is 4. The van der Waals surface area contributed by atoms with Crippen molar-refractivity contribution < 1.29 is 9.84 Å². The number of aliphatic hydroxyl groups excluding tert-OH is 1. The minimum atomic E-state index is -0.523. The molecule has 136 valence electrons. The minimum absolute atomic E-state index is 0.203. The van der Waals surface area contributed by atoms with Gasteiger partial charge >= 0.3 is 0 Å². The first-order chi connectivity index (χ1) is 12.6. The van der Waals surface area contributed by atoms with Crippen LogP contribution in [0.5, 0.6) is 5.75 Å². The molecular formula is C20H24N4O2. The smallest absolute Gasteiger partial charge is 0.129 e. The maximum atomic E-state index is 10.6. The first kappa shape index (κ1) is 17.0. The summed E-state index contributed by atoms with van der Waals surface area (Å²) in [6, 6.07) is 9.77. The van der Waals surface area contributed by atoms with Crippen LogP contribution in [0.25, 0.3) is 10.9 Å². The van der Waals surface area contributed by atoms with Crippen LogP contribution in [0.2, 0.25) is 0 Å². The van der Waals surface area contributed by atoms with Gasteiger partial charge in [0.05, 0.1) is 11.2 Å². The molecule has 6 heteroatoms. The van der Waals surface area contributed by atoms with Gasteiger partial charge in [0.15, 0.2) is 0 Å². The number of aromatic nitrogens is 3. The number of benzene rings is 1. The lowest BCUT2D eigenvalue weighted by molar-refractivity contribution is -0.0273. The Balaban J connectivity index is 1.43. The molecule has 0 radical (unpaired) electrons. The largest absolute Gasteiger partial charge is 0.487 e. The van der Waals surface area contributed by atoms with Crippen LogP contribution in [-0.4, -0.2) is 49.8 Å². The van der Waals surface area contributed by atoms with Gasteiger partial charge in [0, 0.05) is 44.5 Å². The molecule has 0 bridgehead atoms. The van der Waals surface area contributed by atoms with E-state index in [9.17, 15) is 5.11 Å². The van der Waals surface area contributed by atoms with Crippen molar-refractivity contribution in [3.8, 4) is 5.75 Å². The summed E-state index contributed by atoms with van der Waals surface area (Å²) in [6.07, 6.45) is 3.75. The summed E-state index contributed by atoms with van der Waals surface area (Å²) in [5.41, 5.74) is 2.07. The number of ether oxygens (including phenoxy) is 1. The Bertz CT molecular complexity index is 902. The van der Waals surface area contributed by atoms with E-state index in [1.165, 1.54) is 0 Å². The van der Waals surface area contributed by atoms with Crippen LogP contribution in [0.15, 0.2) is 42.7 Å². The average molecular weight is 352 g/mol. The summed E-state index contributed by atoms with van der Waals surface area (Å²) in [4.78, 5) is 11.0. The zero-order valence-corrected chi connectivity index (χ0v) is 15.2. The van der Waals surface area contributed by atoms with Gasteiger partial charge in [-0.1, -0.05) is 6.07 Å². The van der Waals surface area contributed by atoms with Crippen molar-refractivity contribution >= 4 is 10.9 Å². The first-order valence-corrected chi connectivity index (χ1v) is 9.00. The number of piperidine rings is 1. The molecule has 1 aliphatic heterocycles. The van der Waals surface area contributed by atoms with Gasteiger partial charge < -0.3 is 14.4 Å². The van der Waals surface area contributed by atoms with E-state index in [-0.39, 0.29) is 6.10 Å². The highest BCUT2D eigenvalue weighted by Crippen LogP contribution is 2.27. The van der Waals surface area contributed by atoms with Gasteiger partial charge in [0.2, 0.25) is 0 Å². The highest BCUT2D eigenvalue weighted by atomic mass is 16.5. The maximum Gasteiger partial charge on any atom is 0.129 e. The maximum absolute atomic E-state index is 10.6. The van der Waals surface area contributed by atoms with E-state index >= 15 is 0 Å². The highest BCUT2D eigenvalue weighted by molar-refractivity contribution is 5.84. The zero-order chi connectivity index (χ0) is 18.1. The standard InChI is InChI=1S/C20H24N4O2/c1-14-22-11-15(23(14)2)12-24-10-8-20(18(25)13-24)26-19-7-3-6-17-16(19)5-4-9-21-17/h3-7,9,11,18,20,25H,8,10,12-13H2,1-2H3/t18-,20-/m1/s1. The fraction of sp³-hybridized carbons (Fsp3) is 0.400. The lowest BCUT2D eigenvalue weighted by Crippen LogP contribution is -2.48. The lowest BCUT2D eigenvalue weighted by atomic mass is 10.0. The number of imidazole rings is 1. The van der Waals surface area contributed by atoms with E-state index in [0.717, 1.165) is 47.7 Å². The number of pyridine rings is 1. The van der Waals surface area contributed by atoms with Crippen LogP contribution in [0.3, 0.4) is 0 Å². The fourth-order valence-electron chi connectivity index (χ4n) is 3.52. The molecule has 1 fully saturated rings. The second-order valence-corrected chi connectivity index (χ2v) is 6.93. The van der Waals surface area contributed by atoms with Gasteiger partial charge in [-0.2, -0.15) is 0 Å². The minimum Gasteiger partial charge on any atom is -0.487 e. The number of likely N-dealkylation sites (tertiary alicyclic amines) is 1. The molecule has 2 aromatic heterocycles. The van der Waals surface area contributed by atoms with Crippen molar-refractivity contribution in [1.82, 2.24) is 19.4 Å². The summed E-state index contributed by atoms with van der Waals surface area (Å²) < 4.78 is 8.27. The number of nitrogens with zero attached hydrogens (tertiary/aromatic N) is 4. The van der Waals surface area contributed by atoms with E-state index in [0.29, 0.717) is 6.54 Å². The Morgan fingerprint density at radius 1 is 1.23 bits per heavy atom. The Hall–Kier alpha value is -2.44. The quantitative estimate of drug-likeness (QED) is 0.781. The second kappa shape index (κ2) is 7.05. The Labute approximate surface area is 153 Å². The molecule has 4 rings (SSSR count). The summed E-state index contributed by atoms with van der Waals surface area (Å²) in [5, 5.41) is 11.6. The Morgan fingerprint density at radius 2 is 2.12 bits per heavy atom. The molecule has 3 aromatic rings. The lowest BCUT2D eigenvalue weighted by Gasteiger charge is -2.36. The van der Waals surface area contributed by atoms with E-state index in [4.69, 9.17) is 4.74 Å². The van der Waals surface area contributed by atoms with Crippen molar-refractivity contribution in [2.24, 2.45) is 7.05 Å². The summed E-state index contributed by atoms with van der Waals surface area (Å²) >= 11 is 0. The monoisotopic (exact) mass is 352 g/mol. The number of aliphatic hydroxyl groups is 1. The number of aryl methyl sites for hydroxylation is 1. The molecule has 1 aromatic carbocycles. The van der Waals surface area contributed by atoms with Crippen LogP contribution >= 0.6 is 0 Å². The zero-order valence-electron chi connectivity index (χ0n) is 15.2.